The van der Waals surface area contributed by atoms with Gasteiger partial charge in [0.25, 0.3) is 11.8 Å². The number of hydrogen-bond donors (Lipinski definition) is 1. The number of hydrogen-bond acceptors (Lipinski definition) is 9. The number of piperidine rings is 2. The first-order valence-corrected chi connectivity index (χ1v) is 25.7. The Morgan fingerprint density at radius 1 is 0.651 bits per heavy atom. The molecule has 0 saturated carbocycles. The number of fused-ring (bicyclic) bond motifs is 6. The van der Waals surface area contributed by atoms with Crippen molar-refractivity contribution in [2.24, 2.45) is 11.8 Å². The van der Waals surface area contributed by atoms with Crippen LogP contribution in [0.25, 0.3) is 21.8 Å². The Balaban J connectivity index is 0.000000193. The molecule has 0 spiro atoms. The molecule has 16 heteroatoms. The van der Waals surface area contributed by atoms with E-state index in [2.05, 4.69) is 19.2 Å². The summed E-state index contributed by atoms with van der Waals surface area (Å²) < 4.78 is 61.3. The Morgan fingerprint density at radius 3 is 1.54 bits per heavy atom. The molecule has 0 radical (unpaired) electrons. The van der Waals surface area contributed by atoms with E-state index in [9.17, 15) is 31.2 Å². The maximum atomic E-state index is 13.4. The molecule has 2 saturated heterocycles. The summed E-state index contributed by atoms with van der Waals surface area (Å²) in [6.07, 6.45) is 4.68. The highest BCUT2D eigenvalue weighted by atomic mass is 32.2. The molecule has 0 unspecified atom stereocenters. The number of carbonyl (C=O) groups excluding carboxylic acids is 3. The summed E-state index contributed by atoms with van der Waals surface area (Å²) in [4.78, 5) is 44.5. The molecule has 4 aromatic rings. The minimum atomic E-state index is -3.64. The van der Waals surface area contributed by atoms with Gasteiger partial charge in [-0.15, -0.1) is 0 Å². The van der Waals surface area contributed by atoms with Gasteiger partial charge < -0.3 is 24.8 Å². The largest absolute Gasteiger partial charge is 0.444 e. The highest BCUT2D eigenvalue weighted by Crippen LogP contribution is 2.36. The molecular weight excluding hydrogens is 841 g/mol. The number of nitrogens with zero attached hydrogens (tertiary/aromatic N) is 5. The number of ether oxygens (including phenoxy) is 1. The number of likely N-dealkylation sites (tertiary alicyclic amines) is 2. The van der Waals surface area contributed by atoms with Crippen LogP contribution >= 0.6 is 0 Å². The van der Waals surface area contributed by atoms with Gasteiger partial charge in [0.05, 0.1) is 28.1 Å². The maximum Gasteiger partial charge on any atom is 0.410 e. The van der Waals surface area contributed by atoms with Crippen LogP contribution in [0.1, 0.15) is 131 Å². The summed E-state index contributed by atoms with van der Waals surface area (Å²) in [5, 5.41) is 3.81. The number of nitrogens with one attached hydrogen (secondary N) is 1. The molecule has 3 amide bonds. The van der Waals surface area contributed by atoms with Gasteiger partial charge in [-0.2, -0.15) is 0 Å². The minimum Gasteiger partial charge on any atom is -0.444 e. The summed E-state index contributed by atoms with van der Waals surface area (Å²) in [7, 11) is -7.11. The standard InChI is InChI=1S/C26H37N3O5S.C21H29N3O3S/c1-17(2)35(32,33)29-22-8-7-19(24(30)27-12-9-18(3)10-13-27)15-20(22)21-16-28(14-11-23(21)29)25(31)34-26(4,5)6;1-14(2)28(26,27)24-19-5-4-16(21(25)23-10-7-15(3)8-11-23)12-17(19)18-13-22-9-6-20(18)24/h7-8,15,17-18H,9-14,16H2,1-6H3;4-5,12,14-15,22H,6-11,13H2,1-3H3. The summed E-state index contributed by atoms with van der Waals surface area (Å²) in [5.41, 5.74) is 5.12. The van der Waals surface area contributed by atoms with Crippen molar-refractivity contribution in [3.8, 4) is 0 Å². The lowest BCUT2D eigenvalue weighted by Crippen LogP contribution is -2.40. The molecule has 0 atom stereocenters. The lowest BCUT2D eigenvalue weighted by atomic mass is 9.98. The molecule has 0 aliphatic carbocycles. The monoisotopic (exact) mass is 906 g/mol. The first-order chi connectivity index (χ1) is 29.6. The van der Waals surface area contributed by atoms with Crippen LogP contribution in [0.15, 0.2) is 36.4 Å². The van der Waals surface area contributed by atoms with Crippen molar-refractivity contribution >= 4 is 59.8 Å². The van der Waals surface area contributed by atoms with Crippen LogP contribution in [-0.2, 0) is 50.7 Å². The van der Waals surface area contributed by atoms with Gasteiger partial charge in [-0.25, -0.2) is 29.6 Å². The van der Waals surface area contributed by atoms with Crippen LogP contribution in [0, 0.1) is 11.8 Å². The molecule has 0 bridgehead atoms. The van der Waals surface area contributed by atoms with Crippen LogP contribution in [0.3, 0.4) is 0 Å². The molecule has 4 aliphatic heterocycles. The lowest BCUT2D eigenvalue weighted by Gasteiger charge is -2.31. The van der Waals surface area contributed by atoms with Gasteiger partial charge >= 0.3 is 6.09 Å². The highest BCUT2D eigenvalue weighted by molar-refractivity contribution is 7.91. The average molecular weight is 907 g/mol. The van der Waals surface area contributed by atoms with Gasteiger partial charge in [0.1, 0.15) is 5.60 Å². The molecule has 63 heavy (non-hydrogen) atoms. The number of benzene rings is 2. The van der Waals surface area contributed by atoms with Gasteiger partial charge in [-0.1, -0.05) is 13.8 Å². The van der Waals surface area contributed by atoms with Crippen molar-refractivity contribution in [3.05, 3.63) is 70.0 Å². The molecule has 8 rings (SSSR count). The first-order valence-electron chi connectivity index (χ1n) is 22.7. The summed E-state index contributed by atoms with van der Waals surface area (Å²) >= 11 is 0. The van der Waals surface area contributed by atoms with Crippen molar-refractivity contribution in [1.29, 1.82) is 0 Å². The maximum absolute atomic E-state index is 13.4. The van der Waals surface area contributed by atoms with Crippen molar-refractivity contribution < 1.29 is 36.0 Å². The number of rotatable bonds is 6. The van der Waals surface area contributed by atoms with Crippen LogP contribution in [0.2, 0.25) is 0 Å². The fourth-order valence-electron chi connectivity index (χ4n) is 9.11. The van der Waals surface area contributed by atoms with Gasteiger partial charge in [0.2, 0.25) is 20.0 Å². The minimum absolute atomic E-state index is 0.0353. The molecule has 6 heterocycles. The normalized spacial score (nSPS) is 18.1. The van der Waals surface area contributed by atoms with E-state index in [1.54, 1.807) is 56.9 Å². The van der Waals surface area contributed by atoms with Gasteiger partial charge in [-0.05, 0) is 128 Å². The van der Waals surface area contributed by atoms with Crippen LogP contribution < -0.4 is 5.32 Å². The molecule has 4 aliphatic rings. The zero-order chi connectivity index (χ0) is 45.8. The van der Waals surface area contributed by atoms with Crippen molar-refractivity contribution in [2.45, 2.75) is 130 Å². The number of carbonyl (C=O) groups is 3. The number of aromatic nitrogens is 2. The summed E-state index contributed by atoms with van der Waals surface area (Å²) in [6, 6.07) is 10.8. The molecule has 344 valence electrons. The second kappa shape index (κ2) is 17.9. The number of amides is 3. The quantitative estimate of drug-likeness (QED) is 0.212. The van der Waals surface area contributed by atoms with Crippen LogP contribution in [-0.4, -0.2) is 113 Å². The van der Waals surface area contributed by atoms with Gasteiger partial charge in [0.15, 0.2) is 0 Å². The molecule has 2 fully saturated rings. The Hall–Kier alpha value is -4.41. The Labute approximate surface area is 373 Å². The summed E-state index contributed by atoms with van der Waals surface area (Å²) in [5.74, 6) is 1.29. The van der Waals surface area contributed by atoms with Crippen LogP contribution in [0.4, 0.5) is 4.79 Å². The topological polar surface area (TPSA) is 160 Å². The van der Waals surface area contributed by atoms with Gasteiger partial charge in [-0.3, -0.25) is 9.59 Å². The van der Waals surface area contributed by atoms with E-state index in [-0.39, 0.29) is 18.4 Å². The predicted molar refractivity (Wildman–Crippen MR) is 247 cm³/mol. The van der Waals surface area contributed by atoms with Crippen molar-refractivity contribution in [1.82, 2.24) is 28.0 Å². The zero-order valence-corrected chi connectivity index (χ0v) is 40.1. The van der Waals surface area contributed by atoms with E-state index in [0.717, 1.165) is 80.6 Å². The smallest absolute Gasteiger partial charge is 0.410 e. The third kappa shape index (κ3) is 9.27. The SMILES string of the molecule is CC1CCN(C(=O)c2ccc3c(c2)c2c(n3S(=O)(=O)C(C)C)CCN(C(=O)OC(C)(C)C)C2)CC1.CC1CCN(C(=O)c2ccc3c(c2)c2c(n3S(=O)(=O)C(C)C)CCNC2)CC1. The Kier molecular flexibility index (Phi) is 13.2. The lowest BCUT2D eigenvalue weighted by molar-refractivity contribution is 0.0224. The third-order valence-electron chi connectivity index (χ3n) is 13.1. The first kappa shape index (κ1) is 46.6. The van der Waals surface area contributed by atoms with E-state index in [0.29, 0.717) is 71.0 Å². The van der Waals surface area contributed by atoms with Crippen molar-refractivity contribution in [3.63, 3.8) is 0 Å². The van der Waals surface area contributed by atoms with E-state index < -0.39 is 42.2 Å². The van der Waals surface area contributed by atoms with Crippen molar-refractivity contribution in [2.75, 3.05) is 39.3 Å². The Morgan fingerprint density at radius 2 is 1.10 bits per heavy atom. The van der Waals surface area contributed by atoms with E-state index in [1.807, 2.05) is 42.7 Å². The Bertz CT molecular complexity index is 2620. The summed E-state index contributed by atoms with van der Waals surface area (Å²) in [6.45, 7) is 21.7. The molecule has 1 N–H and O–H groups in total. The molecule has 2 aromatic heterocycles. The highest BCUT2D eigenvalue weighted by Gasteiger charge is 2.35. The molecule has 14 nitrogen and oxygen atoms in total. The van der Waals surface area contributed by atoms with Gasteiger partial charge in [0, 0.05) is 97.5 Å². The predicted octanol–water partition coefficient (Wildman–Crippen LogP) is 7.14. The van der Waals surface area contributed by atoms with Crippen LogP contribution in [0.5, 0.6) is 0 Å². The molecule has 2 aromatic carbocycles. The zero-order valence-electron chi connectivity index (χ0n) is 38.5. The fourth-order valence-corrected chi connectivity index (χ4v) is 11.8. The third-order valence-corrected chi connectivity index (χ3v) is 17.3. The fraction of sp³-hybridized carbons (Fsp3) is 0.596. The van der Waals surface area contributed by atoms with E-state index in [1.165, 1.54) is 7.94 Å². The second-order valence-electron chi connectivity index (χ2n) is 19.6. The second-order valence-corrected chi connectivity index (χ2v) is 24.2. The van der Waals surface area contributed by atoms with E-state index in [4.69, 9.17) is 4.74 Å². The molecular formula is C47H66N6O8S2. The average Bonchev–Trinajstić information content (AvgIpc) is 3.76. The van der Waals surface area contributed by atoms with E-state index >= 15 is 0 Å².